The van der Waals surface area contributed by atoms with Crippen LogP contribution >= 0.6 is 35.7 Å². The molecule has 0 saturated heterocycles. The number of aromatic nitrogens is 3. The molecule has 2 aromatic carbocycles. The highest BCUT2D eigenvalue weighted by Gasteiger charge is 2.03. The van der Waals surface area contributed by atoms with Crippen molar-refractivity contribution < 1.29 is 0 Å². The van der Waals surface area contributed by atoms with E-state index in [1.165, 1.54) is 15.4 Å². The van der Waals surface area contributed by atoms with Crippen LogP contribution in [0.5, 0.6) is 0 Å². The summed E-state index contributed by atoms with van der Waals surface area (Å²) in [6, 6.07) is 18.9. The second-order valence-electron chi connectivity index (χ2n) is 5.64. The van der Waals surface area contributed by atoms with Crippen LogP contribution in [0, 0.1) is 0 Å². The van der Waals surface area contributed by atoms with E-state index < -0.39 is 0 Å². The number of nitrogens with one attached hydrogen (secondary N) is 2. The van der Waals surface area contributed by atoms with Gasteiger partial charge in [-0.15, -0.1) is 24.0 Å². The van der Waals surface area contributed by atoms with Gasteiger partial charge in [0.15, 0.2) is 5.96 Å². The third-order valence-electron chi connectivity index (χ3n) is 3.80. The van der Waals surface area contributed by atoms with Gasteiger partial charge in [0, 0.05) is 30.4 Å². The third-order valence-corrected chi connectivity index (χ3v) is 4.82. The Balaban J connectivity index is 0.00000261. The number of guanidine groups is 1. The van der Waals surface area contributed by atoms with Crippen LogP contribution in [0.2, 0.25) is 0 Å². The molecule has 1 heterocycles. The summed E-state index contributed by atoms with van der Waals surface area (Å²) < 4.78 is 1.74. The average Bonchev–Trinajstić information content (AvgIpc) is 3.09. The van der Waals surface area contributed by atoms with E-state index in [1.54, 1.807) is 29.8 Å². The van der Waals surface area contributed by atoms with Crippen molar-refractivity contribution >= 4 is 41.7 Å². The molecule has 0 spiro atoms. The highest BCUT2D eigenvalue weighted by molar-refractivity contribution is 14.0. The van der Waals surface area contributed by atoms with Crippen molar-refractivity contribution in [3.63, 3.8) is 0 Å². The van der Waals surface area contributed by atoms with E-state index in [0.717, 1.165) is 11.8 Å². The Labute approximate surface area is 180 Å². The minimum atomic E-state index is 0. The van der Waals surface area contributed by atoms with Crippen molar-refractivity contribution in [3.05, 3.63) is 72.3 Å². The topological polar surface area (TPSA) is 67.1 Å². The molecule has 0 fully saturated rings. The molecule has 0 unspecified atom stereocenters. The van der Waals surface area contributed by atoms with Crippen LogP contribution in [0.15, 0.2) is 75.7 Å². The Morgan fingerprint density at radius 1 is 1.00 bits per heavy atom. The van der Waals surface area contributed by atoms with E-state index in [0.29, 0.717) is 13.1 Å². The van der Waals surface area contributed by atoms with Crippen molar-refractivity contribution in [2.45, 2.75) is 22.9 Å². The Kier molecular flexibility index (Phi) is 8.59. The molecule has 3 aromatic rings. The Bertz CT molecular complexity index is 848. The first-order chi connectivity index (χ1) is 12.7. The van der Waals surface area contributed by atoms with E-state index in [1.807, 2.05) is 13.1 Å². The van der Waals surface area contributed by atoms with Gasteiger partial charge >= 0.3 is 0 Å². The zero-order valence-electron chi connectivity index (χ0n) is 15.3. The summed E-state index contributed by atoms with van der Waals surface area (Å²) in [6.45, 7) is 1.28. The molecule has 142 valence electrons. The number of benzene rings is 2. The largest absolute Gasteiger partial charge is 0.352 e. The summed E-state index contributed by atoms with van der Waals surface area (Å²) in [6.07, 6.45) is 1.54. The second kappa shape index (κ2) is 10.9. The Hall–Kier alpha value is -2.07. The average molecular weight is 494 g/mol. The van der Waals surface area contributed by atoms with Gasteiger partial charge in [-0.05, 0) is 29.8 Å². The van der Waals surface area contributed by atoms with Gasteiger partial charge in [-0.25, -0.2) is 4.98 Å². The highest BCUT2D eigenvalue weighted by Crippen LogP contribution is 2.27. The van der Waals surface area contributed by atoms with E-state index >= 15 is 0 Å². The molecule has 0 radical (unpaired) electrons. The van der Waals surface area contributed by atoms with Gasteiger partial charge in [-0.2, -0.15) is 5.10 Å². The summed E-state index contributed by atoms with van der Waals surface area (Å²) in [5.41, 5.74) is 1.20. The van der Waals surface area contributed by atoms with Gasteiger partial charge in [-0.1, -0.05) is 42.1 Å². The number of halogens is 1. The van der Waals surface area contributed by atoms with Crippen molar-refractivity contribution in [1.82, 2.24) is 25.4 Å². The number of aryl methyl sites for hydroxylation is 1. The Morgan fingerprint density at radius 2 is 1.67 bits per heavy atom. The summed E-state index contributed by atoms with van der Waals surface area (Å²) >= 11 is 1.76. The van der Waals surface area contributed by atoms with E-state index in [9.17, 15) is 0 Å². The monoisotopic (exact) mass is 494 g/mol. The minimum Gasteiger partial charge on any atom is -0.352 e. The SMILES string of the molecule is CN=C(NCc1ccc(Sc2ccccc2)cc1)NCc1ncnn1C.I. The summed E-state index contributed by atoms with van der Waals surface area (Å²) in [4.78, 5) is 10.9. The normalized spacial score (nSPS) is 11.0. The van der Waals surface area contributed by atoms with E-state index in [-0.39, 0.29) is 24.0 Å². The third kappa shape index (κ3) is 6.55. The maximum atomic E-state index is 4.24. The summed E-state index contributed by atoms with van der Waals surface area (Å²) in [7, 11) is 3.63. The van der Waals surface area contributed by atoms with Crippen LogP contribution < -0.4 is 10.6 Å². The second-order valence-corrected chi connectivity index (χ2v) is 6.79. The molecule has 1 aromatic heterocycles. The van der Waals surface area contributed by atoms with Gasteiger partial charge in [0.1, 0.15) is 12.2 Å². The lowest BCUT2D eigenvalue weighted by Gasteiger charge is -2.12. The molecule has 8 heteroatoms. The molecular formula is C19H23IN6S. The van der Waals surface area contributed by atoms with Gasteiger partial charge in [-0.3, -0.25) is 9.67 Å². The first-order valence-electron chi connectivity index (χ1n) is 8.34. The fourth-order valence-electron chi connectivity index (χ4n) is 2.35. The van der Waals surface area contributed by atoms with Gasteiger partial charge in [0.25, 0.3) is 0 Å². The van der Waals surface area contributed by atoms with Gasteiger partial charge in [0.05, 0.1) is 6.54 Å². The van der Waals surface area contributed by atoms with Crippen LogP contribution in [-0.2, 0) is 20.1 Å². The lowest BCUT2D eigenvalue weighted by atomic mass is 10.2. The lowest BCUT2D eigenvalue weighted by Crippen LogP contribution is -2.36. The van der Waals surface area contributed by atoms with Crippen molar-refractivity contribution in [1.29, 1.82) is 0 Å². The number of nitrogens with zero attached hydrogens (tertiary/aromatic N) is 4. The summed E-state index contributed by atoms with van der Waals surface area (Å²) in [5.74, 6) is 1.59. The molecule has 0 aliphatic heterocycles. The molecule has 0 aliphatic carbocycles. The molecule has 27 heavy (non-hydrogen) atoms. The van der Waals surface area contributed by atoms with Crippen LogP contribution in [0.1, 0.15) is 11.4 Å². The van der Waals surface area contributed by atoms with Crippen LogP contribution in [0.3, 0.4) is 0 Å². The van der Waals surface area contributed by atoms with E-state index in [4.69, 9.17) is 0 Å². The fraction of sp³-hybridized carbons (Fsp3) is 0.211. The zero-order valence-corrected chi connectivity index (χ0v) is 18.4. The first-order valence-corrected chi connectivity index (χ1v) is 9.15. The first kappa shape index (κ1) is 21.2. The number of hydrogen-bond donors (Lipinski definition) is 2. The van der Waals surface area contributed by atoms with E-state index in [2.05, 4.69) is 74.2 Å². The molecule has 0 aliphatic rings. The molecule has 0 saturated carbocycles. The van der Waals surface area contributed by atoms with Gasteiger partial charge in [0.2, 0.25) is 0 Å². The lowest BCUT2D eigenvalue weighted by molar-refractivity contribution is 0.672. The molecular weight excluding hydrogens is 471 g/mol. The quantitative estimate of drug-likeness (QED) is 0.312. The fourth-order valence-corrected chi connectivity index (χ4v) is 3.19. The van der Waals surface area contributed by atoms with Crippen LogP contribution in [-0.4, -0.2) is 27.8 Å². The molecule has 0 atom stereocenters. The van der Waals surface area contributed by atoms with Crippen molar-refractivity contribution in [2.24, 2.45) is 12.0 Å². The molecule has 6 nitrogen and oxygen atoms in total. The molecule has 3 rings (SSSR count). The standard InChI is InChI=1S/C19H22N6S.HI/c1-20-19(22-13-18-23-14-24-25(18)2)21-12-15-8-10-17(11-9-15)26-16-6-4-3-5-7-16;/h3-11,14H,12-13H2,1-2H3,(H2,20,21,22);1H. The smallest absolute Gasteiger partial charge is 0.191 e. The van der Waals surface area contributed by atoms with Crippen molar-refractivity contribution in [2.75, 3.05) is 7.05 Å². The highest BCUT2D eigenvalue weighted by atomic mass is 127. The Morgan fingerprint density at radius 3 is 2.30 bits per heavy atom. The van der Waals surface area contributed by atoms with Crippen LogP contribution in [0.4, 0.5) is 0 Å². The molecule has 0 amide bonds. The summed E-state index contributed by atoms with van der Waals surface area (Å²) in [5, 5.41) is 10.6. The minimum absolute atomic E-state index is 0. The molecule has 2 N–H and O–H groups in total. The number of aliphatic imine (C=N–C) groups is 1. The number of hydrogen-bond acceptors (Lipinski definition) is 4. The number of rotatable bonds is 6. The zero-order chi connectivity index (χ0) is 18.2. The van der Waals surface area contributed by atoms with Crippen molar-refractivity contribution in [3.8, 4) is 0 Å². The predicted octanol–water partition coefficient (Wildman–Crippen LogP) is 3.45. The maximum absolute atomic E-state index is 4.24. The molecule has 0 bridgehead atoms. The van der Waals surface area contributed by atoms with Gasteiger partial charge < -0.3 is 10.6 Å². The van der Waals surface area contributed by atoms with Crippen LogP contribution in [0.25, 0.3) is 0 Å². The maximum Gasteiger partial charge on any atom is 0.191 e. The predicted molar refractivity (Wildman–Crippen MR) is 120 cm³/mol.